The molecule has 4 rings (SSSR count). The number of sulfone groups is 1. The van der Waals surface area contributed by atoms with E-state index < -0.39 is 14.6 Å². The molecular weight excluding hydrogens is 298 g/mol. The van der Waals surface area contributed by atoms with Gasteiger partial charge in [-0.1, -0.05) is 12.8 Å². The molecule has 5 heteroatoms. The Morgan fingerprint density at radius 1 is 0.909 bits per heavy atom. The van der Waals surface area contributed by atoms with Gasteiger partial charge in [0, 0.05) is 18.7 Å². The van der Waals surface area contributed by atoms with Crippen LogP contribution < -0.4 is 5.32 Å². The van der Waals surface area contributed by atoms with Gasteiger partial charge in [-0.25, -0.2) is 8.42 Å². The van der Waals surface area contributed by atoms with Crippen molar-refractivity contribution in [3.63, 3.8) is 0 Å². The third kappa shape index (κ3) is 2.35. The average molecular weight is 327 g/mol. The van der Waals surface area contributed by atoms with Gasteiger partial charge in [0.2, 0.25) is 0 Å². The highest BCUT2D eigenvalue weighted by molar-refractivity contribution is 7.94. The van der Waals surface area contributed by atoms with E-state index >= 15 is 0 Å². The molecule has 0 radical (unpaired) electrons. The Morgan fingerprint density at radius 3 is 2.18 bits per heavy atom. The van der Waals surface area contributed by atoms with E-state index in [1.807, 2.05) is 0 Å². The summed E-state index contributed by atoms with van der Waals surface area (Å²) in [6.07, 6.45) is 12.3. The molecule has 0 aromatic heterocycles. The number of hydrogen-bond donors (Lipinski definition) is 1. The van der Waals surface area contributed by atoms with Crippen LogP contribution >= 0.6 is 0 Å². The van der Waals surface area contributed by atoms with Crippen LogP contribution in [0.25, 0.3) is 0 Å². The Balaban J connectivity index is 1.36. The summed E-state index contributed by atoms with van der Waals surface area (Å²) in [5.41, 5.74) is 0.160. The van der Waals surface area contributed by atoms with Crippen LogP contribution in [0.2, 0.25) is 0 Å². The fraction of sp³-hybridized carbons (Fsp3) is 1.00. The molecule has 1 N–H and O–H groups in total. The summed E-state index contributed by atoms with van der Waals surface area (Å²) in [6, 6.07) is 0.709. The molecule has 4 nitrogen and oxygen atoms in total. The number of ether oxygens (including phenoxy) is 1. The van der Waals surface area contributed by atoms with E-state index in [-0.39, 0.29) is 11.6 Å². The molecule has 2 spiro atoms. The van der Waals surface area contributed by atoms with Gasteiger partial charge in [-0.15, -0.1) is 0 Å². The summed E-state index contributed by atoms with van der Waals surface area (Å²) < 4.78 is 30.3. The molecule has 0 bridgehead atoms. The van der Waals surface area contributed by atoms with Gasteiger partial charge < -0.3 is 10.1 Å². The first-order valence-corrected chi connectivity index (χ1v) is 10.8. The quantitative estimate of drug-likeness (QED) is 0.847. The highest BCUT2D eigenvalue weighted by Crippen LogP contribution is 2.48. The van der Waals surface area contributed by atoms with E-state index in [1.54, 1.807) is 0 Å². The standard InChI is InChI=1S/C17H29NO3S/c19-22(20)13-15(17(22)8-1-2-9-17)18-14-5-10-16(11-6-14)7-3-4-12-21-16/h14-15,18H,1-13H2. The van der Waals surface area contributed by atoms with Gasteiger partial charge in [0.15, 0.2) is 9.84 Å². The van der Waals surface area contributed by atoms with Gasteiger partial charge in [-0.3, -0.25) is 0 Å². The van der Waals surface area contributed by atoms with Crippen molar-refractivity contribution in [3.8, 4) is 0 Å². The summed E-state index contributed by atoms with van der Waals surface area (Å²) in [5, 5.41) is 3.73. The van der Waals surface area contributed by atoms with Gasteiger partial charge in [0.1, 0.15) is 0 Å². The van der Waals surface area contributed by atoms with Crippen molar-refractivity contribution in [2.75, 3.05) is 12.4 Å². The van der Waals surface area contributed by atoms with Crippen molar-refractivity contribution in [2.24, 2.45) is 0 Å². The third-order valence-corrected chi connectivity index (χ3v) is 9.56. The second-order valence-corrected chi connectivity index (χ2v) is 10.4. The van der Waals surface area contributed by atoms with Crippen molar-refractivity contribution in [3.05, 3.63) is 0 Å². The van der Waals surface area contributed by atoms with Crippen LogP contribution in [-0.4, -0.2) is 43.2 Å². The SMILES string of the molecule is O=S1(=O)CC(NC2CCC3(CCCCO3)CC2)C12CCCC2. The van der Waals surface area contributed by atoms with Crippen LogP contribution in [-0.2, 0) is 14.6 Å². The summed E-state index contributed by atoms with van der Waals surface area (Å²) in [5.74, 6) is 0.366. The largest absolute Gasteiger partial charge is 0.375 e. The van der Waals surface area contributed by atoms with Gasteiger partial charge >= 0.3 is 0 Å². The number of rotatable bonds is 2. The molecule has 0 aromatic carbocycles. The zero-order valence-electron chi connectivity index (χ0n) is 13.5. The Morgan fingerprint density at radius 2 is 1.59 bits per heavy atom. The monoisotopic (exact) mass is 327 g/mol. The third-order valence-electron chi connectivity index (χ3n) is 6.86. The van der Waals surface area contributed by atoms with E-state index in [0.29, 0.717) is 11.8 Å². The summed E-state index contributed by atoms with van der Waals surface area (Å²) in [7, 11) is -2.84. The Bertz CT molecular complexity index is 508. The fourth-order valence-electron chi connectivity index (χ4n) is 5.39. The van der Waals surface area contributed by atoms with Gasteiger partial charge in [0.05, 0.1) is 16.1 Å². The first-order valence-electron chi connectivity index (χ1n) is 9.18. The molecule has 4 aliphatic rings. The van der Waals surface area contributed by atoms with Crippen molar-refractivity contribution in [1.29, 1.82) is 0 Å². The predicted molar refractivity (Wildman–Crippen MR) is 86.7 cm³/mol. The zero-order valence-corrected chi connectivity index (χ0v) is 14.3. The van der Waals surface area contributed by atoms with Crippen molar-refractivity contribution < 1.29 is 13.2 Å². The van der Waals surface area contributed by atoms with Gasteiger partial charge in [0.25, 0.3) is 0 Å². The molecule has 2 heterocycles. The summed E-state index contributed by atoms with van der Waals surface area (Å²) >= 11 is 0. The van der Waals surface area contributed by atoms with Crippen molar-refractivity contribution >= 4 is 9.84 Å². The molecule has 1 atom stereocenters. The molecule has 0 amide bonds. The lowest BCUT2D eigenvalue weighted by Gasteiger charge is -2.50. The maximum atomic E-state index is 12.3. The number of hydrogen-bond acceptors (Lipinski definition) is 4. The topological polar surface area (TPSA) is 55.4 Å². The first-order chi connectivity index (χ1) is 10.6. The minimum Gasteiger partial charge on any atom is -0.375 e. The van der Waals surface area contributed by atoms with Gasteiger partial charge in [-0.2, -0.15) is 0 Å². The molecule has 1 unspecified atom stereocenters. The van der Waals surface area contributed by atoms with E-state index in [9.17, 15) is 8.42 Å². The average Bonchev–Trinajstić information content (AvgIpc) is 3.03. The molecule has 2 saturated heterocycles. The maximum absolute atomic E-state index is 12.3. The molecule has 22 heavy (non-hydrogen) atoms. The molecule has 0 aromatic rings. The molecule has 2 saturated carbocycles. The van der Waals surface area contributed by atoms with E-state index in [4.69, 9.17) is 4.74 Å². The minimum atomic E-state index is -2.84. The lowest BCUT2D eigenvalue weighted by Crippen LogP contribution is -2.69. The molecule has 2 aliphatic heterocycles. The van der Waals surface area contributed by atoms with Crippen molar-refractivity contribution in [2.45, 2.75) is 93.1 Å². The maximum Gasteiger partial charge on any atom is 0.159 e. The highest BCUT2D eigenvalue weighted by Gasteiger charge is 2.61. The van der Waals surface area contributed by atoms with Crippen LogP contribution in [0.4, 0.5) is 0 Å². The fourth-order valence-corrected chi connectivity index (χ4v) is 7.77. The molecule has 4 fully saturated rings. The van der Waals surface area contributed by atoms with E-state index in [1.165, 1.54) is 19.3 Å². The number of nitrogens with one attached hydrogen (secondary N) is 1. The van der Waals surface area contributed by atoms with Crippen molar-refractivity contribution in [1.82, 2.24) is 5.32 Å². The highest BCUT2D eigenvalue weighted by atomic mass is 32.2. The Labute approximate surface area is 134 Å². The molecule has 126 valence electrons. The second kappa shape index (κ2) is 5.45. The zero-order chi connectivity index (χ0) is 15.3. The molecule has 2 aliphatic carbocycles. The second-order valence-electron chi connectivity index (χ2n) is 8.04. The normalized spacial score (nSPS) is 38.9. The lowest BCUT2D eigenvalue weighted by molar-refractivity contribution is -0.103. The van der Waals surface area contributed by atoms with Crippen LogP contribution in [0.5, 0.6) is 0 Å². The lowest BCUT2D eigenvalue weighted by atomic mass is 9.77. The van der Waals surface area contributed by atoms with Crippen LogP contribution in [0.3, 0.4) is 0 Å². The first kappa shape index (κ1) is 15.4. The van der Waals surface area contributed by atoms with Gasteiger partial charge in [-0.05, 0) is 57.8 Å². The van der Waals surface area contributed by atoms with Crippen LogP contribution in [0.15, 0.2) is 0 Å². The van der Waals surface area contributed by atoms with E-state index in [0.717, 1.165) is 58.0 Å². The van der Waals surface area contributed by atoms with Crippen LogP contribution in [0.1, 0.15) is 70.6 Å². The summed E-state index contributed by atoms with van der Waals surface area (Å²) in [6.45, 7) is 0.933. The van der Waals surface area contributed by atoms with E-state index in [2.05, 4.69) is 5.32 Å². The predicted octanol–water partition coefficient (Wildman–Crippen LogP) is 2.57. The van der Waals surface area contributed by atoms with Crippen LogP contribution in [0, 0.1) is 0 Å². The smallest absolute Gasteiger partial charge is 0.159 e. The summed E-state index contributed by atoms with van der Waals surface area (Å²) in [4.78, 5) is 0. The Kier molecular flexibility index (Phi) is 3.82. The molecular formula is C17H29NO3S. The Hall–Kier alpha value is -0.130. The minimum absolute atomic E-state index is 0.160.